The van der Waals surface area contributed by atoms with E-state index in [4.69, 9.17) is 4.52 Å². The molecule has 6 heteroatoms. The molecule has 0 bridgehead atoms. The highest BCUT2D eigenvalue weighted by atomic mass is 16.5. The highest BCUT2D eigenvalue weighted by Gasteiger charge is 2.21. The Morgan fingerprint density at radius 3 is 3.04 bits per heavy atom. The van der Waals surface area contributed by atoms with Gasteiger partial charge in [-0.25, -0.2) is 4.79 Å². The molecule has 6 nitrogen and oxygen atoms in total. The second-order valence-corrected chi connectivity index (χ2v) is 7.33. The number of benzene rings is 1. The lowest BCUT2D eigenvalue weighted by molar-refractivity contribution is 0.192. The van der Waals surface area contributed by atoms with Crippen LogP contribution in [0.4, 0.5) is 4.79 Å². The number of para-hydroxylation sites is 1. The van der Waals surface area contributed by atoms with Crippen LogP contribution in [0.3, 0.4) is 0 Å². The molecule has 0 spiro atoms. The Bertz CT molecular complexity index is 958. The van der Waals surface area contributed by atoms with Gasteiger partial charge in [-0.1, -0.05) is 23.4 Å². The van der Waals surface area contributed by atoms with Gasteiger partial charge >= 0.3 is 6.03 Å². The van der Waals surface area contributed by atoms with Gasteiger partial charge in [0, 0.05) is 37.3 Å². The summed E-state index contributed by atoms with van der Waals surface area (Å²) in [7, 11) is 1.78. The maximum atomic E-state index is 12.5. The van der Waals surface area contributed by atoms with E-state index in [0.717, 1.165) is 25.1 Å². The van der Waals surface area contributed by atoms with Gasteiger partial charge in [0.25, 0.3) is 0 Å². The Morgan fingerprint density at radius 1 is 1.41 bits per heavy atom. The summed E-state index contributed by atoms with van der Waals surface area (Å²) in [5, 5.41) is 8.30. The monoisotopic (exact) mass is 366 g/mol. The van der Waals surface area contributed by atoms with Crippen molar-refractivity contribution in [2.45, 2.75) is 45.7 Å². The Kier molecular flexibility index (Phi) is 4.64. The van der Waals surface area contributed by atoms with Crippen LogP contribution in [-0.2, 0) is 19.4 Å². The summed E-state index contributed by atoms with van der Waals surface area (Å²) < 4.78 is 7.32. The van der Waals surface area contributed by atoms with E-state index in [1.165, 1.54) is 40.4 Å². The van der Waals surface area contributed by atoms with E-state index in [0.29, 0.717) is 6.54 Å². The number of hydrogen-bond donors (Lipinski definition) is 1. The number of carbonyl (C=O) groups is 1. The Labute approximate surface area is 159 Å². The van der Waals surface area contributed by atoms with Gasteiger partial charge in [0.15, 0.2) is 0 Å². The van der Waals surface area contributed by atoms with Gasteiger partial charge in [-0.2, -0.15) is 0 Å². The normalized spacial score (nSPS) is 14.3. The molecule has 1 aliphatic heterocycles. The van der Waals surface area contributed by atoms with Gasteiger partial charge in [-0.05, 0) is 44.2 Å². The molecule has 0 unspecified atom stereocenters. The molecular formula is C21H26N4O2. The number of hydrogen-bond acceptors (Lipinski definition) is 3. The SMILES string of the molecule is Cc1c(CCNC(=O)N(C)[C@H](C)c2ccon2)c2cccc3c2n1CCC3. The van der Waals surface area contributed by atoms with Crippen molar-refractivity contribution in [3.8, 4) is 0 Å². The minimum Gasteiger partial charge on any atom is -0.364 e. The van der Waals surface area contributed by atoms with E-state index in [1.807, 2.05) is 6.92 Å². The van der Waals surface area contributed by atoms with E-state index in [1.54, 1.807) is 18.0 Å². The highest BCUT2D eigenvalue weighted by Crippen LogP contribution is 2.32. The number of carbonyl (C=O) groups excluding carboxylic acids is 1. The number of nitrogens with one attached hydrogen (secondary N) is 1. The van der Waals surface area contributed by atoms with E-state index in [2.05, 4.69) is 40.2 Å². The molecule has 2 aromatic heterocycles. The molecule has 1 atom stereocenters. The maximum absolute atomic E-state index is 12.5. The zero-order valence-electron chi connectivity index (χ0n) is 16.2. The van der Waals surface area contributed by atoms with Gasteiger partial charge < -0.3 is 19.3 Å². The first-order valence-electron chi connectivity index (χ1n) is 9.58. The van der Waals surface area contributed by atoms with Gasteiger partial charge in [-0.3, -0.25) is 0 Å². The predicted molar refractivity (Wildman–Crippen MR) is 105 cm³/mol. The Hall–Kier alpha value is -2.76. The Morgan fingerprint density at radius 2 is 2.26 bits per heavy atom. The molecule has 3 aromatic rings. The molecule has 1 N–H and O–H groups in total. The molecule has 1 aliphatic rings. The van der Waals surface area contributed by atoms with Crippen LogP contribution >= 0.6 is 0 Å². The molecule has 4 rings (SSSR count). The van der Waals surface area contributed by atoms with E-state index in [9.17, 15) is 4.79 Å². The quantitative estimate of drug-likeness (QED) is 0.746. The maximum Gasteiger partial charge on any atom is 0.317 e. The van der Waals surface area contributed by atoms with E-state index >= 15 is 0 Å². The standard InChI is InChI=1S/C21H26N4O2/c1-14-17(18-8-4-6-16-7-5-12-25(14)20(16)18)9-11-22-21(26)24(3)15(2)19-10-13-27-23-19/h4,6,8,10,13,15H,5,7,9,11-12H2,1-3H3,(H,22,26)/t15-/m1/s1. The smallest absolute Gasteiger partial charge is 0.317 e. The summed E-state index contributed by atoms with van der Waals surface area (Å²) in [5.41, 5.74) is 6.26. The van der Waals surface area contributed by atoms with Crippen LogP contribution in [0, 0.1) is 6.92 Å². The van der Waals surface area contributed by atoms with Gasteiger partial charge in [0.2, 0.25) is 0 Å². The Balaban J connectivity index is 1.45. The molecule has 0 saturated heterocycles. The first kappa shape index (κ1) is 17.6. The number of amides is 2. The van der Waals surface area contributed by atoms with Gasteiger partial charge in [0.1, 0.15) is 12.0 Å². The fraction of sp³-hybridized carbons (Fsp3) is 0.429. The van der Waals surface area contributed by atoms with Crippen molar-refractivity contribution in [1.82, 2.24) is 19.9 Å². The fourth-order valence-electron chi connectivity index (χ4n) is 4.13. The third-order valence-electron chi connectivity index (χ3n) is 5.82. The summed E-state index contributed by atoms with van der Waals surface area (Å²) in [6.07, 6.45) is 4.71. The van der Waals surface area contributed by atoms with Crippen LogP contribution in [0.2, 0.25) is 0 Å². The molecule has 2 amide bonds. The molecule has 0 aliphatic carbocycles. The number of nitrogens with zero attached hydrogens (tertiary/aromatic N) is 3. The van der Waals surface area contributed by atoms with Crippen molar-refractivity contribution in [2.75, 3.05) is 13.6 Å². The summed E-state index contributed by atoms with van der Waals surface area (Å²) in [6, 6.07) is 8.15. The largest absolute Gasteiger partial charge is 0.364 e. The third-order valence-corrected chi connectivity index (χ3v) is 5.82. The summed E-state index contributed by atoms with van der Waals surface area (Å²) in [4.78, 5) is 14.1. The van der Waals surface area contributed by atoms with Gasteiger partial charge in [-0.15, -0.1) is 0 Å². The van der Waals surface area contributed by atoms with Crippen molar-refractivity contribution in [1.29, 1.82) is 0 Å². The van der Waals surface area contributed by atoms with E-state index in [-0.39, 0.29) is 12.1 Å². The average Bonchev–Trinajstić information content (AvgIpc) is 3.31. The number of aryl methyl sites for hydroxylation is 2. The fourth-order valence-corrected chi connectivity index (χ4v) is 4.13. The number of urea groups is 1. The number of aromatic nitrogens is 2. The lowest BCUT2D eigenvalue weighted by atomic mass is 10.0. The molecular weight excluding hydrogens is 340 g/mol. The molecule has 0 saturated carbocycles. The average molecular weight is 366 g/mol. The summed E-state index contributed by atoms with van der Waals surface area (Å²) in [6.45, 7) is 5.83. The molecule has 142 valence electrons. The molecule has 1 aromatic carbocycles. The second kappa shape index (κ2) is 7.10. The minimum atomic E-state index is -0.135. The lowest BCUT2D eigenvalue weighted by Crippen LogP contribution is -2.39. The highest BCUT2D eigenvalue weighted by molar-refractivity contribution is 5.88. The van der Waals surface area contributed by atoms with Gasteiger partial charge in [0.05, 0.1) is 11.6 Å². The lowest BCUT2D eigenvalue weighted by Gasteiger charge is -2.23. The molecule has 0 radical (unpaired) electrons. The van der Waals surface area contributed by atoms with Crippen LogP contribution in [-0.4, -0.2) is 34.2 Å². The van der Waals surface area contributed by atoms with Crippen LogP contribution in [0.15, 0.2) is 35.1 Å². The summed E-state index contributed by atoms with van der Waals surface area (Å²) >= 11 is 0. The topological polar surface area (TPSA) is 63.3 Å². The van der Waals surface area contributed by atoms with E-state index < -0.39 is 0 Å². The van der Waals surface area contributed by atoms with Crippen molar-refractivity contribution in [3.63, 3.8) is 0 Å². The summed E-state index contributed by atoms with van der Waals surface area (Å²) in [5.74, 6) is 0. The second-order valence-electron chi connectivity index (χ2n) is 7.33. The van der Waals surface area contributed by atoms with Crippen LogP contribution in [0.1, 0.15) is 41.9 Å². The van der Waals surface area contributed by atoms with Crippen molar-refractivity contribution < 1.29 is 9.32 Å². The number of rotatable bonds is 5. The first-order chi connectivity index (χ1) is 13.1. The minimum absolute atomic E-state index is 0.100. The zero-order valence-corrected chi connectivity index (χ0v) is 16.2. The molecule has 3 heterocycles. The van der Waals surface area contributed by atoms with Crippen molar-refractivity contribution >= 4 is 16.9 Å². The predicted octanol–water partition coefficient (Wildman–Crippen LogP) is 3.83. The van der Waals surface area contributed by atoms with Crippen LogP contribution < -0.4 is 5.32 Å². The van der Waals surface area contributed by atoms with Crippen LogP contribution in [0.5, 0.6) is 0 Å². The van der Waals surface area contributed by atoms with Crippen molar-refractivity contribution in [2.24, 2.45) is 0 Å². The van der Waals surface area contributed by atoms with Crippen LogP contribution in [0.25, 0.3) is 10.9 Å². The first-order valence-corrected chi connectivity index (χ1v) is 9.58. The zero-order chi connectivity index (χ0) is 19.0. The third kappa shape index (κ3) is 3.09. The molecule has 0 fully saturated rings. The van der Waals surface area contributed by atoms with Crippen molar-refractivity contribution in [3.05, 3.63) is 53.0 Å². The molecule has 27 heavy (non-hydrogen) atoms.